The highest BCUT2D eigenvalue weighted by atomic mass is 19.1. The molecule has 1 aliphatic heterocycles. The summed E-state index contributed by atoms with van der Waals surface area (Å²) in [6, 6.07) is 15.6. The van der Waals surface area contributed by atoms with Crippen molar-refractivity contribution in [2.24, 2.45) is 0 Å². The summed E-state index contributed by atoms with van der Waals surface area (Å²) in [6.45, 7) is 10.8. The van der Waals surface area contributed by atoms with E-state index in [0.717, 1.165) is 38.3 Å². The molecule has 1 saturated heterocycles. The minimum atomic E-state index is -0.456. The van der Waals surface area contributed by atoms with E-state index in [2.05, 4.69) is 51.1 Å². The van der Waals surface area contributed by atoms with Crippen LogP contribution in [-0.4, -0.2) is 41.2 Å². The molecule has 0 bridgehead atoms. The van der Waals surface area contributed by atoms with Crippen molar-refractivity contribution in [1.82, 2.24) is 15.0 Å². The number of benzene rings is 2. The van der Waals surface area contributed by atoms with Crippen LogP contribution in [0.3, 0.4) is 0 Å². The molecule has 29 heavy (non-hydrogen) atoms. The van der Waals surface area contributed by atoms with Gasteiger partial charge in [0.05, 0.1) is 5.41 Å². The number of rotatable bonds is 5. The first-order chi connectivity index (χ1) is 13.9. The summed E-state index contributed by atoms with van der Waals surface area (Å²) in [5.74, 6) is 0.364. The van der Waals surface area contributed by atoms with Gasteiger partial charge in [-0.05, 0) is 49.6 Å². The smallest absolute Gasteiger partial charge is 0.322 e. The summed E-state index contributed by atoms with van der Waals surface area (Å²) >= 11 is 0. The number of anilines is 1. The average molecular weight is 394 g/mol. The Bertz CT molecular complexity index is 959. The molecule has 0 aliphatic carbocycles. The zero-order valence-corrected chi connectivity index (χ0v) is 17.2. The molecule has 1 aliphatic rings. The topological polar surface area (TPSA) is 45.4 Å². The molecular formula is C23H27FN4O. The van der Waals surface area contributed by atoms with E-state index in [1.165, 1.54) is 23.3 Å². The summed E-state index contributed by atoms with van der Waals surface area (Å²) in [5, 5.41) is 4.23. The molecule has 1 fully saturated rings. The van der Waals surface area contributed by atoms with Gasteiger partial charge < -0.3 is 9.42 Å². The second kappa shape index (κ2) is 7.95. The van der Waals surface area contributed by atoms with Gasteiger partial charge in [0, 0.05) is 32.7 Å². The second-order valence-corrected chi connectivity index (χ2v) is 8.22. The third-order valence-electron chi connectivity index (χ3n) is 5.84. The van der Waals surface area contributed by atoms with Crippen LogP contribution in [0.5, 0.6) is 0 Å². The number of hydrogen-bond acceptors (Lipinski definition) is 5. The Kier molecular flexibility index (Phi) is 5.37. The van der Waals surface area contributed by atoms with Crippen molar-refractivity contribution in [2.75, 3.05) is 31.1 Å². The monoisotopic (exact) mass is 394 g/mol. The van der Waals surface area contributed by atoms with Crippen LogP contribution in [0.2, 0.25) is 0 Å². The second-order valence-electron chi connectivity index (χ2n) is 8.22. The zero-order chi connectivity index (χ0) is 20.4. The fraction of sp³-hybridized carbons (Fsp3) is 0.391. The lowest BCUT2D eigenvalue weighted by molar-refractivity contribution is 0.242. The van der Waals surface area contributed by atoms with Gasteiger partial charge in [-0.2, -0.15) is 4.98 Å². The maximum Gasteiger partial charge on any atom is 0.324 e. The average Bonchev–Trinajstić information content (AvgIpc) is 3.22. The molecule has 0 radical (unpaired) electrons. The first-order valence-electron chi connectivity index (χ1n) is 10.1. The summed E-state index contributed by atoms with van der Waals surface area (Å²) in [5.41, 5.74) is 3.21. The Balaban J connectivity index is 1.40. The lowest BCUT2D eigenvalue weighted by Crippen LogP contribution is -2.46. The van der Waals surface area contributed by atoms with Crippen LogP contribution < -0.4 is 4.90 Å². The van der Waals surface area contributed by atoms with E-state index in [4.69, 9.17) is 4.52 Å². The van der Waals surface area contributed by atoms with Crippen LogP contribution in [0.4, 0.5) is 10.4 Å². The molecule has 0 saturated carbocycles. The molecular weight excluding hydrogens is 367 g/mol. The third-order valence-corrected chi connectivity index (χ3v) is 5.84. The van der Waals surface area contributed by atoms with Crippen LogP contribution in [0.25, 0.3) is 0 Å². The van der Waals surface area contributed by atoms with E-state index in [9.17, 15) is 4.39 Å². The van der Waals surface area contributed by atoms with Gasteiger partial charge in [0.25, 0.3) is 0 Å². The zero-order valence-electron chi connectivity index (χ0n) is 17.2. The molecule has 4 rings (SSSR count). The normalized spacial score (nSPS) is 15.7. The molecule has 3 aromatic rings. The maximum atomic E-state index is 13.3. The number of aromatic nitrogens is 2. The van der Waals surface area contributed by atoms with Crippen LogP contribution >= 0.6 is 0 Å². The van der Waals surface area contributed by atoms with Gasteiger partial charge in [-0.25, -0.2) is 4.39 Å². The van der Waals surface area contributed by atoms with E-state index in [1.807, 2.05) is 13.8 Å². The summed E-state index contributed by atoms with van der Waals surface area (Å²) in [4.78, 5) is 9.26. The predicted octanol–water partition coefficient (Wildman–Crippen LogP) is 4.17. The van der Waals surface area contributed by atoms with Gasteiger partial charge in [-0.15, -0.1) is 0 Å². The van der Waals surface area contributed by atoms with Crippen LogP contribution in [-0.2, 0) is 12.0 Å². The molecule has 0 atom stereocenters. The standard InChI is InChI=1S/C23H27FN4O/c1-17-6-4-5-7-18(17)16-27-12-14-28(15-13-27)22-25-21(26-29-22)23(2,3)19-8-10-20(24)11-9-19/h4-11H,12-16H2,1-3H3. The fourth-order valence-electron chi connectivity index (χ4n) is 3.72. The van der Waals surface area contributed by atoms with Gasteiger partial charge in [-0.1, -0.05) is 41.6 Å². The van der Waals surface area contributed by atoms with Crippen molar-refractivity contribution in [3.05, 3.63) is 76.9 Å². The summed E-state index contributed by atoms with van der Waals surface area (Å²) in [7, 11) is 0. The van der Waals surface area contributed by atoms with Gasteiger partial charge in [0.2, 0.25) is 0 Å². The lowest BCUT2D eigenvalue weighted by Gasteiger charge is -2.33. The number of nitrogens with zero attached hydrogens (tertiary/aromatic N) is 4. The Morgan fingerprint density at radius 1 is 1.00 bits per heavy atom. The minimum Gasteiger partial charge on any atom is -0.322 e. The van der Waals surface area contributed by atoms with Gasteiger partial charge in [0.1, 0.15) is 5.82 Å². The summed E-state index contributed by atoms with van der Waals surface area (Å²) < 4.78 is 18.8. The van der Waals surface area contributed by atoms with Gasteiger partial charge >= 0.3 is 6.01 Å². The first-order valence-corrected chi connectivity index (χ1v) is 10.1. The maximum absolute atomic E-state index is 13.3. The molecule has 2 aromatic carbocycles. The highest BCUT2D eigenvalue weighted by Gasteiger charge is 2.31. The number of aryl methyl sites for hydroxylation is 1. The third kappa shape index (κ3) is 4.17. The van der Waals surface area contributed by atoms with Crippen molar-refractivity contribution >= 4 is 6.01 Å². The SMILES string of the molecule is Cc1ccccc1CN1CCN(c2nc(C(C)(C)c3ccc(F)cc3)no2)CC1. The Hall–Kier alpha value is -2.73. The van der Waals surface area contributed by atoms with Crippen molar-refractivity contribution in [3.8, 4) is 0 Å². The van der Waals surface area contributed by atoms with E-state index in [-0.39, 0.29) is 5.82 Å². The number of halogens is 1. The summed E-state index contributed by atoms with van der Waals surface area (Å²) in [6.07, 6.45) is 0. The van der Waals surface area contributed by atoms with Gasteiger partial charge in [0.15, 0.2) is 5.82 Å². The Labute approximate surface area is 171 Å². The molecule has 2 heterocycles. The van der Waals surface area contributed by atoms with Gasteiger partial charge in [-0.3, -0.25) is 4.90 Å². The highest BCUT2D eigenvalue weighted by molar-refractivity contribution is 5.34. The Morgan fingerprint density at radius 3 is 2.38 bits per heavy atom. The predicted molar refractivity (Wildman–Crippen MR) is 111 cm³/mol. The first kappa shape index (κ1) is 19.6. The van der Waals surface area contributed by atoms with E-state index < -0.39 is 5.41 Å². The molecule has 0 N–H and O–H groups in total. The molecule has 6 heteroatoms. The quantitative estimate of drug-likeness (QED) is 0.650. The molecule has 152 valence electrons. The highest BCUT2D eigenvalue weighted by Crippen LogP contribution is 2.31. The molecule has 5 nitrogen and oxygen atoms in total. The molecule has 1 aromatic heterocycles. The fourth-order valence-corrected chi connectivity index (χ4v) is 3.72. The molecule has 0 unspecified atom stereocenters. The van der Waals surface area contributed by atoms with E-state index >= 15 is 0 Å². The van der Waals surface area contributed by atoms with Crippen molar-refractivity contribution < 1.29 is 8.91 Å². The van der Waals surface area contributed by atoms with E-state index in [1.54, 1.807) is 12.1 Å². The van der Waals surface area contributed by atoms with Crippen LogP contribution in [0.15, 0.2) is 53.1 Å². The van der Waals surface area contributed by atoms with E-state index in [0.29, 0.717) is 11.8 Å². The largest absolute Gasteiger partial charge is 0.324 e. The number of hydrogen-bond donors (Lipinski definition) is 0. The van der Waals surface area contributed by atoms with Crippen molar-refractivity contribution in [2.45, 2.75) is 32.7 Å². The van der Waals surface area contributed by atoms with Crippen molar-refractivity contribution in [1.29, 1.82) is 0 Å². The van der Waals surface area contributed by atoms with Crippen LogP contribution in [0, 0.1) is 12.7 Å². The molecule has 0 amide bonds. The van der Waals surface area contributed by atoms with Crippen LogP contribution in [0.1, 0.15) is 36.4 Å². The molecule has 0 spiro atoms. The minimum absolute atomic E-state index is 0.248. The number of piperazine rings is 1. The Morgan fingerprint density at radius 2 is 1.69 bits per heavy atom. The lowest BCUT2D eigenvalue weighted by atomic mass is 9.84. The van der Waals surface area contributed by atoms with Crippen molar-refractivity contribution in [3.63, 3.8) is 0 Å².